The van der Waals surface area contributed by atoms with Crippen molar-refractivity contribution in [2.24, 2.45) is 4.99 Å². The minimum atomic E-state index is 0. The molecule has 8 heteroatoms. The van der Waals surface area contributed by atoms with Gasteiger partial charge in [-0.1, -0.05) is 6.92 Å². The van der Waals surface area contributed by atoms with Crippen molar-refractivity contribution in [2.45, 2.75) is 32.6 Å². The molecule has 1 atom stereocenters. The maximum atomic E-state index is 5.40. The van der Waals surface area contributed by atoms with Crippen LogP contribution in [-0.4, -0.2) is 55.7 Å². The number of hydrogen-bond acceptors (Lipinski definition) is 5. The first-order valence-corrected chi connectivity index (χ1v) is 10.1. The van der Waals surface area contributed by atoms with E-state index < -0.39 is 0 Å². The maximum absolute atomic E-state index is 5.40. The van der Waals surface area contributed by atoms with E-state index in [2.05, 4.69) is 29.2 Å². The highest BCUT2D eigenvalue weighted by molar-refractivity contribution is 14.0. The summed E-state index contributed by atoms with van der Waals surface area (Å²) >= 11 is 1.70. The van der Waals surface area contributed by atoms with E-state index in [1.165, 1.54) is 0 Å². The average Bonchev–Trinajstić information content (AvgIpc) is 3.33. The number of nitrogens with zero attached hydrogens (tertiary/aromatic N) is 3. The third-order valence-electron chi connectivity index (χ3n) is 3.93. The molecule has 0 fully saturated rings. The quantitative estimate of drug-likeness (QED) is 0.216. The number of halogens is 1. The molecule has 27 heavy (non-hydrogen) atoms. The second kappa shape index (κ2) is 14.0. The lowest BCUT2D eigenvalue weighted by atomic mass is 10.2. The lowest BCUT2D eigenvalue weighted by Crippen LogP contribution is -2.41. The van der Waals surface area contributed by atoms with E-state index in [9.17, 15) is 0 Å². The molecule has 6 nitrogen and oxygen atoms in total. The topological polar surface area (TPSA) is 62.9 Å². The molecule has 1 unspecified atom stereocenters. The number of aliphatic imine (C=N–C) groups is 1. The molecule has 0 spiro atoms. The van der Waals surface area contributed by atoms with Crippen LogP contribution in [0.15, 0.2) is 39.4 Å². The molecule has 2 aromatic heterocycles. The van der Waals surface area contributed by atoms with E-state index in [0.717, 1.165) is 62.4 Å². The van der Waals surface area contributed by atoms with Gasteiger partial charge in [-0.15, -0.1) is 35.3 Å². The van der Waals surface area contributed by atoms with Gasteiger partial charge < -0.3 is 19.4 Å². The Morgan fingerprint density at radius 1 is 1.48 bits per heavy atom. The zero-order valence-electron chi connectivity index (χ0n) is 16.4. The molecule has 152 valence electrons. The molecule has 2 aromatic rings. The van der Waals surface area contributed by atoms with Gasteiger partial charge in [0.25, 0.3) is 0 Å². The summed E-state index contributed by atoms with van der Waals surface area (Å²) in [5.41, 5.74) is 0. The Labute approximate surface area is 183 Å². The van der Waals surface area contributed by atoms with Crippen LogP contribution >= 0.6 is 35.3 Å². The number of nitrogens with one attached hydrogen (secondary N) is 1. The van der Waals surface area contributed by atoms with Gasteiger partial charge >= 0.3 is 0 Å². The molecule has 0 aliphatic rings. The molecule has 0 amide bonds. The molecule has 0 aliphatic carbocycles. The van der Waals surface area contributed by atoms with Crippen LogP contribution in [0.5, 0.6) is 0 Å². The lowest BCUT2D eigenvalue weighted by molar-refractivity contribution is 0.146. The predicted octanol–water partition coefficient (Wildman–Crippen LogP) is 4.00. The Hall–Kier alpha value is -1.13. The first kappa shape index (κ1) is 23.9. The highest BCUT2D eigenvalue weighted by Crippen LogP contribution is 2.18. The van der Waals surface area contributed by atoms with Crippen LogP contribution in [0.1, 0.15) is 37.0 Å². The van der Waals surface area contributed by atoms with Crippen LogP contribution in [0.25, 0.3) is 0 Å². The van der Waals surface area contributed by atoms with Gasteiger partial charge in [-0.2, -0.15) is 0 Å². The molecule has 2 heterocycles. The highest BCUT2D eigenvalue weighted by Gasteiger charge is 2.14. The van der Waals surface area contributed by atoms with Gasteiger partial charge in [0.2, 0.25) is 0 Å². The minimum Gasteiger partial charge on any atom is -0.469 e. The third-order valence-corrected chi connectivity index (χ3v) is 4.94. The maximum Gasteiger partial charge on any atom is 0.193 e. The Bertz CT molecular complexity index is 620. The van der Waals surface area contributed by atoms with Crippen LogP contribution in [0, 0.1) is 0 Å². The molecule has 0 bridgehead atoms. The van der Waals surface area contributed by atoms with Crippen molar-refractivity contribution in [3.05, 3.63) is 40.7 Å². The Morgan fingerprint density at radius 3 is 3.00 bits per heavy atom. The second-order valence-corrected chi connectivity index (χ2v) is 7.09. The van der Waals surface area contributed by atoms with Crippen LogP contribution in [0.4, 0.5) is 0 Å². The van der Waals surface area contributed by atoms with E-state index in [-0.39, 0.29) is 24.0 Å². The summed E-state index contributed by atoms with van der Waals surface area (Å²) in [6.07, 6.45) is 5.33. The first-order chi connectivity index (χ1) is 12.7. The van der Waals surface area contributed by atoms with Crippen LogP contribution in [-0.2, 0) is 11.2 Å². The van der Waals surface area contributed by atoms with Crippen molar-refractivity contribution in [1.29, 1.82) is 0 Å². The fraction of sp³-hybridized carbons (Fsp3) is 0.579. The average molecular weight is 506 g/mol. The van der Waals surface area contributed by atoms with Crippen LogP contribution < -0.4 is 5.32 Å². The predicted molar refractivity (Wildman–Crippen MR) is 122 cm³/mol. The monoisotopic (exact) mass is 506 g/mol. The van der Waals surface area contributed by atoms with Gasteiger partial charge in [-0.25, -0.2) is 4.98 Å². The number of ether oxygens (including phenoxy) is 1. The third kappa shape index (κ3) is 9.07. The summed E-state index contributed by atoms with van der Waals surface area (Å²) in [5.74, 6) is 2.25. The number of furan rings is 1. The summed E-state index contributed by atoms with van der Waals surface area (Å²) < 4.78 is 10.8. The summed E-state index contributed by atoms with van der Waals surface area (Å²) in [7, 11) is 2.07. The number of hydrogen-bond donors (Lipinski definition) is 1. The zero-order chi connectivity index (χ0) is 18.6. The summed E-state index contributed by atoms with van der Waals surface area (Å²) in [6.45, 7) is 8.12. The fourth-order valence-corrected chi connectivity index (χ4v) is 3.30. The number of likely N-dealkylation sites (N-methyl/N-ethyl adjacent to an activating group) is 1. The van der Waals surface area contributed by atoms with Crippen molar-refractivity contribution in [1.82, 2.24) is 15.2 Å². The van der Waals surface area contributed by atoms with Gasteiger partial charge in [0, 0.05) is 63.8 Å². The molecular formula is C19H31IN4O2S. The molecule has 0 aromatic carbocycles. The lowest BCUT2D eigenvalue weighted by Gasteiger charge is -2.25. The van der Waals surface area contributed by atoms with Crippen molar-refractivity contribution < 1.29 is 9.15 Å². The van der Waals surface area contributed by atoms with Gasteiger partial charge in [-0.3, -0.25) is 4.99 Å². The normalized spacial score (nSPS) is 12.5. The minimum absolute atomic E-state index is 0. The molecule has 1 N–H and O–H groups in total. The molecule has 0 radical (unpaired) electrons. The molecule has 2 rings (SSSR count). The fourth-order valence-electron chi connectivity index (χ4n) is 2.61. The van der Waals surface area contributed by atoms with Gasteiger partial charge in [0.15, 0.2) is 5.96 Å². The first-order valence-electron chi connectivity index (χ1n) is 9.19. The van der Waals surface area contributed by atoms with Crippen molar-refractivity contribution in [3.63, 3.8) is 0 Å². The standard InChI is InChI=1S/C19H30N4O2S.HI/c1-4-24-12-6-9-21-19(22-10-8-17-7-5-13-25-17)23(3)15-16(2)18-20-11-14-26-18;/h5,7,11,13-14,16H,4,6,8-10,12,15H2,1-3H3,(H,21,22);1H. The van der Waals surface area contributed by atoms with Crippen LogP contribution in [0.3, 0.4) is 0 Å². The molecule has 0 saturated carbocycles. The second-order valence-electron chi connectivity index (χ2n) is 6.16. The van der Waals surface area contributed by atoms with E-state index >= 15 is 0 Å². The summed E-state index contributed by atoms with van der Waals surface area (Å²) in [4.78, 5) is 11.4. The van der Waals surface area contributed by atoms with E-state index in [0.29, 0.717) is 5.92 Å². The Morgan fingerprint density at radius 2 is 2.33 bits per heavy atom. The smallest absolute Gasteiger partial charge is 0.193 e. The zero-order valence-corrected chi connectivity index (χ0v) is 19.5. The Balaban J connectivity index is 0.00000364. The van der Waals surface area contributed by atoms with Gasteiger partial charge in [0.1, 0.15) is 5.76 Å². The van der Waals surface area contributed by atoms with Crippen molar-refractivity contribution in [3.8, 4) is 0 Å². The van der Waals surface area contributed by atoms with Crippen molar-refractivity contribution in [2.75, 3.05) is 39.9 Å². The molecule has 0 aliphatic heterocycles. The SMILES string of the molecule is CCOCCCN=C(NCCc1ccco1)N(C)CC(C)c1nccs1.I. The summed E-state index contributed by atoms with van der Waals surface area (Å²) in [6, 6.07) is 3.91. The van der Waals surface area contributed by atoms with E-state index in [1.807, 2.05) is 30.6 Å². The van der Waals surface area contributed by atoms with E-state index in [1.54, 1.807) is 17.6 Å². The number of guanidine groups is 1. The number of aromatic nitrogens is 1. The van der Waals surface area contributed by atoms with E-state index in [4.69, 9.17) is 14.1 Å². The largest absolute Gasteiger partial charge is 0.469 e. The van der Waals surface area contributed by atoms with Gasteiger partial charge in [-0.05, 0) is 25.5 Å². The number of rotatable bonds is 11. The van der Waals surface area contributed by atoms with Crippen LogP contribution in [0.2, 0.25) is 0 Å². The summed E-state index contributed by atoms with van der Waals surface area (Å²) in [5, 5.41) is 6.64. The molecule has 0 saturated heterocycles. The molecular weight excluding hydrogens is 475 g/mol. The highest BCUT2D eigenvalue weighted by atomic mass is 127. The Kier molecular flexibility index (Phi) is 12.4. The number of thiazole rings is 1. The van der Waals surface area contributed by atoms with Crippen molar-refractivity contribution >= 4 is 41.3 Å². The van der Waals surface area contributed by atoms with Gasteiger partial charge in [0.05, 0.1) is 11.3 Å².